The van der Waals surface area contributed by atoms with E-state index in [2.05, 4.69) is 11.8 Å². The van der Waals surface area contributed by atoms with Gasteiger partial charge in [0, 0.05) is 30.1 Å². The lowest BCUT2D eigenvalue weighted by Gasteiger charge is -2.35. The van der Waals surface area contributed by atoms with Crippen LogP contribution in [0.1, 0.15) is 35.2 Å². The molecule has 194 valence electrons. The second-order valence-corrected chi connectivity index (χ2v) is 9.17. The maximum absolute atomic E-state index is 13.6. The third-order valence-corrected chi connectivity index (χ3v) is 7.06. The summed E-state index contributed by atoms with van der Waals surface area (Å²) in [7, 11) is 4.79. The van der Waals surface area contributed by atoms with Gasteiger partial charge in [-0.25, -0.2) is 0 Å². The van der Waals surface area contributed by atoms with Crippen molar-refractivity contribution in [2.24, 2.45) is 0 Å². The van der Waals surface area contributed by atoms with Gasteiger partial charge in [-0.1, -0.05) is 18.2 Å². The molecule has 0 amide bonds. The van der Waals surface area contributed by atoms with Gasteiger partial charge in [0.05, 0.1) is 26.9 Å². The molecule has 0 radical (unpaired) electrons. The lowest BCUT2D eigenvalue weighted by Crippen LogP contribution is -2.33. The Bertz CT molecular complexity index is 1440. The van der Waals surface area contributed by atoms with Crippen LogP contribution in [0.2, 0.25) is 0 Å². The highest BCUT2D eigenvalue weighted by Crippen LogP contribution is 2.42. The van der Waals surface area contributed by atoms with E-state index in [1.165, 1.54) is 30.4 Å². The van der Waals surface area contributed by atoms with E-state index in [9.17, 15) is 13.2 Å². The topological polar surface area (TPSA) is 44.1 Å². The van der Waals surface area contributed by atoms with E-state index in [0.717, 1.165) is 30.3 Å². The summed E-state index contributed by atoms with van der Waals surface area (Å²) in [6.07, 6.45) is -3.62. The number of alkyl halides is 3. The highest BCUT2D eigenvalue weighted by atomic mass is 19.4. The Morgan fingerprint density at radius 1 is 0.919 bits per heavy atom. The van der Waals surface area contributed by atoms with Crippen molar-refractivity contribution in [1.29, 1.82) is 0 Å². The van der Waals surface area contributed by atoms with Crippen LogP contribution in [-0.4, -0.2) is 32.8 Å². The van der Waals surface area contributed by atoms with Crippen molar-refractivity contribution in [2.45, 2.75) is 32.1 Å². The first-order chi connectivity index (χ1) is 17.7. The van der Waals surface area contributed by atoms with Gasteiger partial charge in [-0.3, -0.25) is 4.90 Å². The van der Waals surface area contributed by atoms with E-state index >= 15 is 0 Å². The average molecular weight is 512 g/mol. The van der Waals surface area contributed by atoms with Crippen molar-refractivity contribution in [3.05, 3.63) is 76.9 Å². The third-order valence-electron chi connectivity index (χ3n) is 7.06. The van der Waals surface area contributed by atoms with Crippen LogP contribution in [0, 0.1) is 0 Å². The number of nitrogens with zero attached hydrogens (tertiary/aromatic N) is 1. The maximum atomic E-state index is 13.6. The summed E-state index contributed by atoms with van der Waals surface area (Å²) < 4.78 is 63.3. The van der Waals surface area contributed by atoms with E-state index in [1.807, 2.05) is 24.3 Å². The molecule has 1 aliphatic heterocycles. The fourth-order valence-corrected chi connectivity index (χ4v) is 5.15. The number of methoxy groups -OCH3 is 3. The molecule has 5 nitrogen and oxygen atoms in total. The largest absolute Gasteiger partial charge is 0.493 e. The van der Waals surface area contributed by atoms with Gasteiger partial charge in [-0.05, 0) is 66.4 Å². The van der Waals surface area contributed by atoms with Gasteiger partial charge in [-0.2, -0.15) is 13.2 Å². The average Bonchev–Trinajstić information content (AvgIpc) is 3.33. The number of hydrogen-bond donors (Lipinski definition) is 0. The molecule has 5 rings (SSSR count). The molecule has 3 aromatic carbocycles. The summed E-state index contributed by atoms with van der Waals surface area (Å²) in [5.41, 5.74) is 3.09. The predicted octanol–water partition coefficient (Wildman–Crippen LogP) is 7.26. The molecule has 1 aliphatic rings. The molecule has 0 fully saturated rings. The summed E-state index contributed by atoms with van der Waals surface area (Å²) in [4.78, 5) is 2.36. The molecule has 1 aromatic heterocycles. The lowest BCUT2D eigenvalue weighted by atomic mass is 9.92. The zero-order valence-corrected chi connectivity index (χ0v) is 21.1. The number of halogens is 3. The molecule has 1 unspecified atom stereocenters. The highest BCUT2D eigenvalue weighted by molar-refractivity contribution is 5.88. The van der Waals surface area contributed by atoms with Crippen molar-refractivity contribution in [3.63, 3.8) is 0 Å². The Hall–Kier alpha value is -3.65. The molecule has 1 atom stereocenters. The number of hydrogen-bond acceptors (Lipinski definition) is 5. The summed E-state index contributed by atoms with van der Waals surface area (Å²) in [5.74, 6) is 2.06. The molecule has 0 saturated heterocycles. The van der Waals surface area contributed by atoms with Crippen molar-refractivity contribution < 1.29 is 31.8 Å². The first-order valence-electron chi connectivity index (χ1n) is 12.0. The van der Waals surface area contributed by atoms with Gasteiger partial charge in [0.15, 0.2) is 22.8 Å². The van der Waals surface area contributed by atoms with Crippen molar-refractivity contribution >= 4 is 11.0 Å². The van der Waals surface area contributed by atoms with E-state index < -0.39 is 11.7 Å². The predicted molar refractivity (Wildman–Crippen MR) is 135 cm³/mol. The molecule has 2 heterocycles. The van der Waals surface area contributed by atoms with Gasteiger partial charge in [0.1, 0.15) is 5.76 Å². The van der Waals surface area contributed by atoms with Gasteiger partial charge < -0.3 is 18.6 Å². The summed E-state index contributed by atoms with van der Waals surface area (Å²) >= 11 is 0. The quantitative estimate of drug-likeness (QED) is 0.273. The molecular formula is C29H28F3NO4. The molecule has 0 saturated carbocycles. The van der Waals surface area contributed by atoms with Gasteiger partial charge in [0.2, 0.25) is 0 Å². The molecule has 37 heavy (non-hydrogen) atoms. The van der Waals surface area contributed by atoms with Gasteiger partial charge in [-0.15, -0.1) is 0 Å². The highest BCUT2D eigenvalue weighted by Gasteiger charge is 2.34. The van der Waals surface area contributed by atoms with E-state index in [0.29, 0.717) is 29.0 Å². The first-order valence-corrected chi connectivity index (χ1v) is 12.0. The van der Waals surface area contributed by atoms with Crippen LogP contribution in [0.5, 0.6) is 17.2 Å². The Labute approximate surface area is 213 Å². The van der Waals surface area contributed by atoms with E-state index in [4.69, 9.17) is 18.6 Å². The normalized spacial score (nSPS) is 16.0. The van der Waals surface area contributed by atoms with E-state index in [1.54, 1.807) is 26.4 Å². The molecule has 0 bridgehead atoms. The van der Waals surface area contributed by atoms with Crippen LogP contribution in [-0.2, 0) is 19.1 Å². The number of fused-ring (bicyclic) bond motifs is 2. The summed E-state index contributed by atoms with van der Waals surface area (Å²) in [6.45, 7) is 3.64. The van der Waals surface area contributed by atoms with Crippen LogP contribution in [0.3, 0.4) is 0 Å². The monoisotopic (exact) mass is 511 g/mol. The van der Waals surface area contributed by atoms with Crippen molar-refractivity contribution in [1.82, 2.24) is 4.90 Å². The van der Waals surface area contributed by atoms with Gasteiger partial charge >= 0.3 is 6.18 Å². The Balaban J connectivity index is 1.48. The van der Waals surface area contributed by atoms with Crippen molar-refractivity contribution in [2.75, 3.05) is 27.9 Å². The minimum absolute atomic E-state index is 0.000406. The fourth-order valence-electron chi connectivity index (χ4n) is 5.15. The second-order valence-electron chi connectivity index (χ2n) is 9.17. The molecular weight excluding hydrogens is 483 g/mol. The fraction of sp³-hybridized carbons (Fsp3) is 0.310. The Morgan fingerprint density at radius 3 is 2.32 bits per heavy atom. The number of ether oxygens (including phenoxy) is 3. The SMILES string of the molecule is COc1cc2c(cc1OC)C(C)N(Cc1cc(OC)c3oc(-c4ccccc4C(F)(F)F)cc3c1)CC2. The summed E-state index contributed by atoms with van der Waals surface area (Å²) in [5, 5.41) is 0.692. The zero-order chi connectivity index (χ0) is 26.3. The van der Waals surface area contributed by atoms with Crippen molar-refractivity contribution in [3.8, 4) is 28.6 Å². The van der Waals surface area contributed by atoms with Crippen LogP contribution in [0.25, 0.3) is 22.3 Å². The van der Waals surface area contributed by atoms with Crippen LogP contribution in [0.15, 0.2) is 59.0 Å². The number of benzene rings is 3. The standard InChI is InChI=1S/C29H28F3NO4/c1-17-22-15-26(35-3)25(34-2)13-19(22)9-10-33(17)16-18-11-20-14-24(37-28(20)27(12-18)36-4)21-7-5-6-8-23(21)29(30,31)32/h5-8,11-15,17H,9-10,16H2,1-4H3. The molecule has 0 aliphatic carbocycles. The van der Waals surface area contributed by atoms with Crippen LogP contribution >= 0.6 is 0 Å². The zero-order valence-electron chi connectivity index (χ0n) is 21.1. The minimum atomic E-state index is -4.49. The van der Waals surface area contributed by atoms with Crippen LogP contribution < -0.4 is 14.2 Å². The van der Waals surface area contributed by atoms with Crippen LogP contribution in [0.4, 0.5) is 13.2 Å². The van der Waals surface area contributed by atoms with Gasteiger partial charge in [0.25, 0.3) is 0 Å². The molecule has 0 spiro atoms. The molecule has 8 heteroatoms. The molecule has 0 N–H and O–H groups in total. The molecule has 4 aromatic rings. The Kier molecular flexibility index (Phi) is 6.54. The Morgan fingerprint density at radius 2 is 1.62 bits per heavy atom. The lowest BCUT2D eigenvalue weighted by molar-refractivity contribution is -0.137. The number of rotatable bonds is 6. The third kappa shape index (κ3) is 4.62. The van der Waals surface area contributed by atoms with E-state index in [-0.39, 0.29) is 17.4 Å². The minimum Gasteiger partial charge on any atom is -0.493 e. The summed E-state index contributed by atoms with van der Waals surface area (Å²) in [6, 6.07) is 15.1. The first kappa shape index (κ1) is 25.0. The second kappa shape index (κ2) is 9.67. The maximum Gasteiger partial charge on any atom is 0.417 e. The smallest absolute Gasteiger partial charge is 0.417 e. The number of furan rings is 1.